The summed E-state index contributed by atoms with van der Waals surface area (Å²) in [6.07, 6.45) is 0. The van der Waals surface area contributed by atoms with Crippen molar-refractivity contribution in [3.05, 3.63) is 61.2 Å². The Kier molecular flexibility index (Phi) is 4.41. The molecule has 6 nitrogen and oxygen atoms in total. The smallest absolute Gasteiger partial charge is 0.296 e. The number of nitrogens with zero attached hydrogens (tertiary/aromatic N) is 1. The Labute approximate surface area is 134 Å². The number of nitro benzene ring substituents is 1. The number of nitrogens with one attached hydrogen (secondary N) is 1. The minimum atomic E-state index is -0.656. The largest absolute Gasteiger partial charge is 0.508 e. The van der Waals surface area contributed by atoms with Crippen LogP contribution < -0.4 is 5.32 Å². The number of halogens is 1. The predicted octanol–water partition coefficient (Wildman–Crippen LogP) is 3.47. The molecule has 2 aromatic rings. The summed E-state index contributed by atoms with van der Waals surface area (Å²) >= 11 is 2.06. The Bertz CT molecular complexity index is 731. The molecule has 2 rings (SSSR count). The number of nitro groups is 1. The van der Waals surface area contributed by atoms with E-state index in [0.29, 0.717) is 5.56 Å². The Hall–Kier alpha value is -2.16. The fraction of sp³-hybridized carbons (Fsp3) is 0.0714. The van der Waals surface area contributed by atoms with Gasteiger partial charge in [0, 0.05) is 3.57 Å². The number of rotatable bonds is 3. The lowest BCUT2D eigenvalue weighted by atomic mass is 10.1. The van der Waals surface area contributed by atoms with Crippen molar-refractivity contribution in [2.45, 2.75) is 6.92 Å². The van der Waals surface area contributed by atoms with Crippen LogP contribution >= 0.6 is 22.6 Å². The van der Waals surface area contributed by atoms with E-state index >= 15 is 0 Å². The van der Waals surface area contributed by atoms with Gasteiger partial charge in [0.1, 0.15) is 11.4 Å². The topological polar surface area (TPSA) is 92.5 Å². The molecule has 2 N–H and O–H groups in total. The maximum Gasteiger partial charge on any atom is 0.296 e. The van der Waals surface area contributed by atoms with E-state index in [1.807, 2.05) is 13.0 Å². The zero-order valence-electron chi connectivity index (χ0n) is 11.0. The summed E-state index contributed by atoms with van der Waals surface area (Å²) in [5.41, 5.74) is 1.08. The van der Waals surface area contributed by atoms with E-state index in [1.165, 1.54) is 12.1 Å². The van der Waals surface area contributed by atoms with Gasteiger partial charge in [-0.3, -0.25) is 14.9 Å². The fourth-order valence-electron chi connectivity index (χ4n) is 1.79. The first kappa shape index (κ1) is 15.2. The van der Waals surface area contributed by atoms with E-state index in [1.54, 1.807) is 12.1 Å². The molecule has 0 aliphatic rings. The number of hydrogen-bond acceptors (Lipinski definition) is 4. The molecule has 0 fully saturated rings. The molecule has 108 valence electrons. The van der Waals surface area contributed by atoms with Crippen molar-refractivity contribution < 1.29 is 14.8 Å². The summed E-state index contributed by atoms with van der Waals surface area (Å²) in [6, 6.07) is 8.85. The van der Waals surface area contributed by atoms with Crippen molar-refractivity contribution in [1.29, 1.82) is 0 Å². The second kappa shape index (κ2) is 6.08. The molecule has 21 heavy (non-hydrogen) atoms. The molecule has 0 saturated heterocycles. The van der Waals surface area contributed by atoms with Gasteiger partial charge in [-0.25, -0.2) is 0 Å². The van der Waals surface area contributed by atoms with Gasteiger partial charge < -0.3 is 10.4 Å². The molecule has 0 unspecified atom stereocenters. The van der Waals surface area contributed by atoms with Gasteiger partial charge in [0.15, 0.2) is 0 Å². The van der Waals surface area contributed by atoms with Crippen LogP contribution in [0.4, 0.5) is 11.4 Å². The van der Waals surface area contributed by atoms with Gasteiger partial charge in [-0.1, -0.05) is 12.1 Å². The van der Waals surface area contributed by atoms with Crippen molar-refractivity contribution in [2.24, 2.45) is 0 Å². The number of hydrogen-bond donors (Lipinski definition) is 2. The number of benzene rings is 2. The minimum Gasteiger partial charge on any atom is -0.508 e. The maximum atomic E-state index is 12.2. The zero-order valence-corrected chi connectivity index (χ0v) is 13.1. The number of amides is 1. The van der Waals surface area contributed by atoms with Gasteiger partial charge in [-0.05, 0) is 53.3 Å². The highest BCUT2D eigenvalue weighted by Crippen LogP contribution is 2.29. The number of aromatic hydroxyl groups is 1. The minimum absolute atomic E-state index is 0.0418. The van der Waals surface area contributed by atoms with Crippen LogP contribution in [0.2, 0.25) is 0 Å². The lowest BCUT2D eigenvalue weighted by Gasteiger charge is -2.09. The average molecular weight is 398 g/mol. The van der Waals surface area contributed by atoms with Gasteiger partial charge in [0.25, 0.3) is 11.6 Å². The highest BCUT2D eigenvalue weighted by molar-refractivity contribution is 14.1. The normalized spacial score (nSPS) is 10.2. The Balaban J connectivity index is 2.36. The third-order valence-electron chi connectivity index (χ3n) is 2.86. The molecule has 1 amide bonds. The first-order valence-electron chi connectivity index (χ1n) is 5.94. The molecule has 0 aromatic heterocycles. The van der Waals surface area contributed by atoms with Crippen LogP contribution in [0.3, 0.4) is 0 Å². The van der Waals surface area contributed by atoms with Crippen LogP contribution in [0.5, 0.6) is 5.75 Å². The summed E-state index contributed by atoms with van der Waals surface area (Å²) in [4.78, 5) is 22.5. The van der Waals surface area contributed by atoms with Gasteiger partial charge in [0.2, 0.25) is 0 Å². The molecule has 0 spiro atoms. The van der Waals surface area contributed by atoms with E-state index in [0.717, 1.165) is 15.2 Å². The van der Waals surface area contributed by atoms with Crippen molar-refractivity contribution >= 4 is 39.9 Å². The quantitative estimate of drug-likeness (QED) is 0.359. The van der Waals surface area contributed by atoms with E-state index < -0.39 is 10.8 Å². The summed E-state index contributed by atoms with van der Waals surface area (Å²) in [5, 5.41) is 22.8. The molecule has 0 aliphatic heterocycles. The van der Waals surface area contributed by atoms with E-state index in [-0.39, 0.29) is 17.1 Å². The molecule has 0 saturated carbocycles. The van der Waals surface area contributed by atoms with Crippen molar-refractivity contribution in [1.82, 2.24) is 0 Å². The number of phenolic OH excluding ortho intramolecular Hbond substituents is 1. The van der Waals surface area contributed by atoms with Crippen molar-refractivity contribution in [2.75, 3.05) is 5.32 Å². The number of carbonyl (C=O) groups excluding carboxylic acids is 1. The number of aryl methyl sites for hydroxylation is 1. The second-order valence-electron chi connectivity index (χ2n) is 4.35. The van der Waals surface area contributed by atoms with Gasteiger partial charge in [-0.15, -0.1) is 0 Å². The standard InChI is InChI=1S/C14H11IN2O4/c1-8-3-2-4-10(13(8)15)14(19)16-11-6-5-9(18)7-12(11)17(20)21/h2-7,18H,1H3,(H,16,19). The maximum absolute atomic E-state index is 12.2. The first-order chi connectivity index (χ1) is 9.90. The van der Waals surface area contributed by atoms with Crippen LogP contribution in [-0.4, -0.2) is 15.9 Å². The van der Waals surface area contributed by atoms with E-state index in [9.17, 15) is 20.0 Å². The summed E-state index contributed by atoms with van der Waals surface area (Å²) < 4.78 is 0.786. The van der Waals surface area contributed by atoms with E-state index in [4.69, 9.17) is 0 Å². The van der Waals surface area contributed by atoms with Gasteiger partial charge in [0.05, 0.1) is 16.6 Å². The number of carbonyl (C=O) groups is 1. The van der Waals surface area contributed by atoms with E-state index in [2.05, 4.69) is 27.9 Å². The third kappa shape index (κ3) is 3.30. The molecule has 0 aliphatic carbocycles. The molecular weight excluding hydrogens is 387 g/mol. The zero-order chi connectivity index (χ0) is 15.6. The summed E-state index contributed by atoms with van der Waals surface area (Å²) in [7, 11) is 0. The Morgan fingerprint density at radius 3 is 2.71 bits per heavy atom. The monoisotopic (exact) mass is 398 g/mol. The van der Waals surface area contributed by atoms with Gasteiger partial charge in [-0.2, -0.15) is 0 Å². The average Bonchev–Trinajstić information content (AvgIpc) is 2.43. The molecule has 7 heteroatoms. The van der Waals surface area contributed by atoms with Crippen LogP contribution in [0, 0.1) is 20.6 Å². The van der Waals surface area contributed by atoms with Crippen molar-refractivity contribution in [3.63, 3.8) is 0 Å². The lowest BCUT2D eigenvalue weighted by Crippen LogP contribution is -2.15. The lowest BCUT2D eigenvalue weighted by molar-refractivity contribution is -0.384. The molecule has 2 aromatic carbocycles. The number of phenols is 1. The molecule has 0 radical (unpaired) electrons. The van der Waals surface area contributed by atoms with Crippen LogP contribution in [0.1, 0.15) is 15.9 Å². The first-order valence-corrected chi connectivity index (χ1v) is 7.02. The summed E-state index contributed by atoms with van der Waals surface area (Å²) in [5.74, 6) is -0.665. The molecule has 0 heterocycles. The third-order valence-corrected chi connectivity index (χ3v) is 4.29. The predicted molar refractivity (Wildman–Crippen MR) is 86.6 cm³/mol. The van der Waals surface area contributed by atoms with Crippen LogP contribution in [0.25, 0.3) is 0 Å². The Morgan fingerprint density at radius 1 is 1.33 bits per heavy atom. The fourth-order valence-corrected chi connectivity index (χ4v) is 2.39. The molecule has 0 atom stereocenters. The number of anilines is 1. The Morgan fingerprint density at radius 2 is 2.05 bits per heavy atom. The van der Waals surface area contributed by atoms with Crippen molar-refractivity contribution in [3.8, 4) is 5.75 Å². The van der Waals surface area contributed by atoms with Crippen LogP contribution in [-0.2, 0) is 0 Å². The van der Waals surface area contributed by atoms with Gasteiger partial charge >= 0.3 is 0 Å². The highest BCUT2D eigenvalue weighted by atomic mass is 127. The highest BCUT2D eigenvalue weighted by Gasteiger charge is 2.19. The summed E-state index contributed by atoms with van der Waals surface area (Å²) in [6.45, 7) is 1.88. The van der Waals surface area contributed by atoms with Crippen LogP contribution in [0.15, 0.2) is 36.4 Å². The molecular formula is C14H11IN2O4. The molecule has 0 bridgehead atoms. The second-order valence-corrected chi connectivity index (χ2v) is 5.43. The SMILES string of the molecule is Cc1cccc(C(=O)Nc2ccc(O)cc2[N+](=O)[O-])c1I.